The van der Waals surface area contributed by atoms with Crippen LogP contribution in [0.25, 0.3) is 0 Å². The molecule has 0 saturated heterocycles. The topological polar surface area (TPSA) is 23.8 Å². The third kappa shape index (κ3) is 3.49. The smallest absolute Gasteiger partial charge is 0.0621 e. The Kier molecular flexibility index (Phi) is 3.13. The maximum atomic E-state index is 7.74. The van der Waals surface area contributed by atoms with Gasteiger partial charge in [-0.2, -0.15) is 5.26 Å². The summed E-state index contributed by atoms with van der Waals surface area (Å²) in [4.78, 5) is 0. The fourth-order valence-electron chi connectivity index (χ4n) is 0.0645. The van der Waals surface area contributed by atoms with Gasteiger partial charge in [-0.25, -0.2) is 0 Å². The van der Waals surface area contributed by atoms with E-state index < -0.39 is 0 Å². The van der Waals surface area contributed by atoms with Crippen LogP contribution in [-0.2, 0) is 0 Å². The summed E-state index contributed by atoms with van der Waals surface area (Å²) in [5, 5.41) is 7.74. The molecule has 0 fully saturated rings. The fraction of sp³-hybridized carbons (Fsp3) is 0.500. The molecule has 0 aliphatic heterocycles. The molecular weight excluding hydrogens is 62.1 g/mol. The van der Waals surface area contributed by atoms with Crippen LogP contribution in [0.5, 0.6) is 0 Å². The third-order valence-corrected chi connectivity index (χ3v) is 0.256. The minimum atomic E-state index is 0.472. The Labute approximate surface area is 32.2 Å². The van der Waals surface area contributed by atoms with Gasteiger partial charge in [0.1, 0.15) is 0 Å². The summed E-state index contributed by atoms with van der Waals surface area (Å²) in [6, 6.07) is 1.89. The molecule has 1 nitrogen and oxygen atoms in total. The zero-order valence-electron chi connectivity index (χ0n) is 2.94. The van der Waals surface area contributed by atoms with Gasteiger partial charge in [0, 0.05) is 6.42 Å². The molecule has 0 spiro atoms. The summed E-state index contributed by atoms with van der Waals surface area (Å²) >= 11 is 0. The van der Waals surface area contributed by atoms with Gasteiger partial charge < -0.3 is 0 Å². The molecule has 0 aromatic carbocycles. The lowest BCUT2D eigenvalue weighted by Gasteiger charge is -1.65. The van der Waals surface area contributed by atoms with Crippen molar-refractivity contribution in [3.8, 4) is 6.07 Å². The van der Waals surface area contributed by atoms with Gasteiger partial charge in [0.25, 0.3) is 0 Å². The van der Waals surface area contributed by atoms with Crippen LogP contribution in [0.1, 0.15) is 12.8 Å². The Balaban J connectivity index is 2.48. The largest absolute Gasteiger partial charge is 0.198 e. The maximum Gasteiger partial charge on any atom is 0.0621 e. The van der Waals surface area contributed by atoms with E-state index in [-0.39, 0.29) is 0 Å². The van der Waals surface area contributed by atoms with Crippen LogP contribution in [0.15, 0.2) is 0 Å². The highest BCUT2D eigenvalue weighted by Gasteiger charge is 1.66. The van der Waals surface area contributed by atoms with Crippen molar-refractivity contribution >= 4 is 0 Å². The van der Waals surface area contributed by atoms with E-state index in [0.717, 1.165) is 0 Å². The van der Waals surface area contributed by atoms with Gasteiger partial charge in [-0.3, -0.25) is 0 Å². The Bertz CT molecular complexity index is 42.1. The van der Waals surface area contributed by atoms with Crippen molar-refractivity contribution in [2.45, 2.75) is 12.8 Å². The van der Waals surface area contributed by atoms with Crippen LogP contribution < -0.4 is 0 Å². The first-order valence-corrected chi connectivity index (χ1v) is 1.49. The van der Waals surface area contributed by atoms with Crippen LogP contribution >= 0.6 is 0 Å². The molecule has 2 radical (unpaired) electrons. The van der Waals surface area contributed by atoms with Gasteiger partial charge in [-0.15, -0.1) is 0 Å². The molecule has 0 aliphatic rings. The Morgan fingerprint density at radius 1 is 1.80 bits per heavy atom. The standard InChI is InChI=1S/C4H5N/c1-2-3-4-5/h1H,2-3H2. The molecule has 0 atom stereocenters. The number of hydrogen-bond acceptors (Lipinski definition) is 1. The summed E-state index contributed by atoms with van der Waals surface area (Å²) in [7, 11) is 0. The van der Waals surface area contributed by atoms with Gasteiger partial charge >= 0.3 is 0 Å². The van der Waals surface area contributed by atoms with Crippen molar-refractivity contribution in [1.29, 1.82) is 5.26 Å². The molecule has 26 valence electrons. The molecule has 0 saturated carbocycles. The third-order valence-electron chi connectivity index (χ3n) is 0.256. The van der Waals surface area contributed by atoms with Crippen LogP contribution in [0, 0.1) is 18.3 Å². The van der Waals surface area contributed by atoms with Crippen LogP contribution in [0.2, 0.25) is 0 Å². The van der Waals surface area contributed by atoms with E-state index in [1.165, 1.54) is 0 Å². The van der Waals surface area contributed by atoms with E-state index in [0.29, 0.717) is 12.8 Å². The molecular formula is C4H5N. The molecule has 5 heavy (non-hydrogen) atoms. The highest BCUT2D eigenvalue weighted by Crippen LogP contribution is 1.76. The molecule has 0 amide bonds. The van der Waals surface area contributed by atoms with Crippen molar-refractivity contribution in [1.82, 2.24) is 0 Å². The van der Waals surface area contributed by atoms with Gasteiger partial charge in [0.05, 0.1) is 6.07 Å². The van der Waals surface area contributed by atoms with Gasteiger partial charge in [0.15, 0.2) is 0 Å². The minimum Gasteiger partial charge on any atom is -0.198 e. The van der Waals surface area contributed by atoms with E-state index in [9.17, 15) is 0 Å². The summed E-state index contributed by atoms with van der Waals surface area (Å²) in [6.45, 7) is 4.92. The average molecular weight is 67.1 g/mol. The van der Waals surface area contributed by atoms with Crippen molar-refractivity contribution in [2.75, 3.05) is 0 Å². The Morgan fingerprint density at radius 3 is 2.40 bits per heavy atom. The molecule has 0 aliphatic carbocycles. The second-order valence-electron chi connectivity index (χ2n) is 0.697. The number of rotatable bonds is 1. The van der Waals surface area contributed by atoms with Crippen LogP contribution in [-0.4, -0.2) is 0 Å². The highest BCUT2D eigenvalue weighted by molar-refractivity contribution is 4.67. The van der Waals surface area contributed by atoms with Gasteiger partial charge in [0.2, 0.25) is 0 Å². The Morgan fingerprint density at radius 2 is 2.40 bits per heavy atom. The predicted molar refractivity (Wildman–Crippen MR) is 19.1 cm³/mol. The predicted octanol–water partition coefficient (Wildman–Crippen LogP) is 1.00. The van der Waals surface area contributed by atoms with E-state index in [1.54, 1.807) is 0 Å². The van der Waals surface area contributed by atoms with E-state index >= 15 is 0 Å². The maximum absolute atomic E-state index is 7.74. The quantitative estimate of drug-likeness (QED) is 0.449. The normalized spacial score (nSPS) is 6.40. The lowest BCUT2D eigenvalue weighted by molar-refractivity contribution is 1.06. The first-order chi connectivity index (χ1) is 2.41. The van der Waals surface area contributed by atoms with E-state index in [1.807, 2.05) is 6.07 Å². The second-order valence-corrected chi connectivity index (χ2v) is 0.697. The average Bonchev–Trinajstić information content (AvgIpc) is 1.41. The van der Waals surface area contributed by atoms with Crippen molar-refractivity contribution in [2.24, 2.45) is 0 Å². The second kappa shape index (κ2) is 3.49. The lowest BCUT2D eigenvalue weighted by Crippen LogP contribution is -1.54. The number of nitriles is 1. The number of nitrogens with zero attached hydrogens (tertiary/aromatic N) is 1. The number of unbranched alkanes of at least 4 members (excludes halogenated alkanes) is 1. The summed E-state index contributed by atoms with van der Waals surface area (Å²) in [6.07, 6.45) is 0.955. The highest BCUT2D eigenvalue weighted by atomic mass is 14.2. The lowest BCUT2D eigenvalue weighted by atomic mass is 10.4. The molecule has 0 rings (SSSR count). The Hall–Kier alpha value is -0.510. The zero-order chi connectivity index (χ0) is 4.12. The monoisotopic (exact) mass is 67.0 g/mol. The molecule has 0 aromatic heterocycles. The first kappa shape index (κ1) is 4.49. The van der Waals surface area contributed by atoms with E-state index in [2.05, 4.69) is 0 Å². The first-order valence-electron chi connectivity index (χ1n) is 1.49. The minimum absolute atomic E-state index is 0.472. The van der Waals surface area contributed by atoms with Crippen LogP contribution in [0.4, 0.5) is 0 Å². The molecule has 0 unspecified atom stereocenters. The van der Waals surface area contributed by atoms with Crippen molar-refractivity contribution < 1.29 is 0 Å². The number of hydrogen-bond donors (Lipinski definition) is 0. The van der Waals surface area contributed by atoms with Crippen molar-refractivity contribution in [3.05, 3.63) is 6.92 Å². The SMILES string of the molecule is [CH]CCC#N. The summed E-state index contributed by atoms with van der Waals surface area (Å²) in [5.74, 6) is 0. The van der Waals surface area contributed by atoms with Crippen molar-refractivity contribution in [3.63, 3.8) is 0 Å². The molecule has 1 heteroatoms. The molecule has 0 bridgehead atoms. The summed E-state index contributed by atoms with van der Waals surface area (Å²) < 4.78 is 0. The molecule has 0 heterocycles. The zero-order valence-corrected chi connectivity index (χ0v) is 2.94. The summed E-state index contributed by atoms with van der Waals surface area (Å²) in [5.41, 5.74) is 0. The van der Waals surface area contributed by atoms with Crippen LogP contribution in [0.3, 0.4) is 0 Å². The van der Waals surface area contributed by atoms with E-state index in [4.69, 9.17) is 12.2 Å². The molecule has 0 N–H and O–H groups in total. The fourth-order valence-corrected chi connectivity index (χ4v) is 0.0645. The van der Waals surface area contributed by atoms with Gasteiger partial charge in [-0.05, 0) is 13.3 Å². The van der Waals surface area contributed by atoms with Gasteiger partial charge in [-0.1, -0.05) is 0 Å². The molecule has 0 aromatic rings.